The first-order valence-corrected chi connectivity index (χ1v) is 5.98. The first-order chi connectivity index (χ1) is 8.98. The predicted molar refractivity (Wildman–Crippen MR) is 72.2 cm³/mol. The molecule has 0 heterocycles. The highest BCUT2D eigenvalue weighted by Gasteiger charge is 2.22. The van der Waals surface area contributed by atoms with Gasteiger partial charge in [0.05, 0.1) is 12.9 Å². The Morgan fingerprint density at radius 1 is 1.42 bits per heavy atom. The highest BCUT2D eigenvalue weighted by atomic mass is 19.1. The number of halogens is 1. The number of hydrogen-bond acceptors (Lipinski definition) is 3. The lowest BCUT2D eigenvalue weighted by atomic mass is 10.2. The SMILES string of the molecule is CC(C)(NC(=O)c1ccccc1)OC/C(=C/F)CN. The second-order valence-corrected chi connectivity index (χ2v) is 4.59. The van der Waals surface area contributed by atoms with Crippen molar-refractivity contribution in [3.63, 3.8) is 0 Å². The zero-order chi connectivity index (χ0) is 14.3. The second kappa shape index (κ2) is 7.01. The van der Waals surface area contributed by atoms with E-state index in [0.29, 0.717) is 17.5 Å². The Labute approximate surface area is 112 Å². The molecule has 104 valence electrons. The zero-order valence-corrected chi connectivity index (χ0v) is 11.2. The molecule has 19 heavy (non-hydrogen) atoms. The van der Waals surface area contributed by atoms with E-state index in [2.05, 4.69) is 5.32 Å². The molecular formula is C14H19FN2O2. The van der Waals surface area contributed by atoms with Crippen LogP contribution in [0.15, 0.2) is 42.2 Å². The van der Waals surface area contributed by atoms with Crippen molar-refractivity contribution >= 4 is 5.91 Å². The molecule has 0 atom stereocenters. The quantitative estimate of drug-likeness (QED) is 0.774. The number of nitrogens with two attached hydrogens (primary N) is 1. The molecule has 3 N–H and O–H groups in total. The summed E-state index contributed by atoms with van der Waals surface area (Å²) < 4.78 is 17.8. The summed E-state index contributed by atoms with van der Waals surface area (Å²) in [6.07, 6.45) is 0.426. The van der Waals surface area contributed by atoms with Gasteiger partial charge in [-0.1, -0.05) is 18.2 Å². The van der Waals surface area contributed by atoms with E-state index in [1.165, 1.54) is 0 Å². The first kappa shape index (κ1) is 15.3. The fraction of sp³-hybridized carbons (Fsp3) is 0.357. The van der Waals surface area contributed by atoms with Crippen LogP contribution in [0.2, 0.25) is 0 Å². The molecule has 0 saturated heterocycles. The molecule has 0 fully saturated rings. The van der Waals surface area contributed by atoms with E-state index in [0.717, 1.165) is 0 Å². The van der Waals surface area contributed by atoms with Crippen molar-refractivity contribution < 1.29 is 13.9 Å². The van der Waals surface area contributed by atoms with Gasteiger partial charge < -0.3 is 15.8 Å². The monoisotopic (exact) mass is 266 g/mol. The van der Waals surface area contributed by atoms with E-state index in [9.17, 15) is 9.18 Å². The second-order valence-electron chi connectivity index (χ2n) is 4.59. The van der Waals surface area contributed by atoms with Crippen molar-refractivity contribution in [3.8, 4) is 0 Å². The average Bonchev–Trinajstić information content (AvgIpc) is 2.40. The van der Waals surface area contributed by atoms with Crippen LogP contribution >= 0.6 is 0 Å². The predicted octanol–water partition coefficient (Wildman–Crippen LogP) is 1.98. The van der Waals surface area contributed by atoms with Crippen LogP contribution in [0, 0.1) is 0 Å². The number of rotatable bonds is 6. The van der Waals surface area contributed by atoms with E-state index >= 15 is 0 Å². The van der Waals surface area contributed by atoms with Crippen LogP contribution in [0.1, 0.15) is 24.2 Å². The molecule has 4 nitrogen and oxygen atoms in total. The summed E-state index contributed by atoms with van der Waals surface area (Å²) in [5, 5.41) is 2.72. The van der Waals surface area contributed by atoms with Crippen molar-refractivity contribution in [2.24, 2.45) is 5.73 Å². The molecular weight excluding hydrogens is 247 g/mol. The summed E-state index contributed by atoms with van der Waals surface area (Å²) in [7, 11) is 0. The highest BCUT2D eigenvalue weighted by molar-refractivity contribution is 5.94. The average molecular weight is 266 g/mol. The van der Waals surface area contributed by atoms with Crippen LogP contribution < -0.4 is 11.1 Å². The maximum absolute atomic E-state index is 12.4. The Kier molecular flexibility index (Phi) is 5.66. The summed E-state index contributed by atoms with van der Waals surface area (Å²) in [5.74, 6) is -0.246. The van der Waals surface area contributed by atoms with Gasteiger partial charge in [-0.15, -0.1) is 0 Å². The third-order valence-corrected chi connectivity index (χ3v) is 2.49. The summed E-state index contributed by atoms with van der Waals surface area (Å²) >= 11 is 0. The van der Waals surface area contributed by atoms with Crippen LogP contribution in [-0.2, 0) is 4.74 Å². The Hall–Kier alpha value is -1.72. The number of hydrogen-bond donors (Lipinski definition) is 2. The Balaban J connectivity index is 2.57. The van der Waals surface area contributed by atoms with Crippen molar-refractivity contribution in [2.75, 3.05) is 13.2 Å². The minimum atomic E-state index is -0.906. The summed E-state index contributed by atoms with van der Waals surface area (Å²) in [6, 6.07) is 8.80. The van der Waals surface area contributed by atoms with Gasteiger partial charge >= 0.3 is 0 Å². The lowest BCUT2D eigenvalue weighted by Gasteiger charge is -2.27. The third-order valence-electron chi connectivity index (χ3n) is 2.49. The minimum Gasteiger partial charge on any atom is -0.352 e. The highest BCUT2D eigenvalue weighted by Crippen LogP contribution is 2.09. The summed E-state index contributed by atoms with van der Waals surface area (Å²) in [4.78, 5) is 11.9. The van der Waals surface area contributed by atoms with Crippen molar-refractivity contribution in [1.82, 2.24) is 5.32 Å². The Bertz CT molecular complexity index is 444. The standard InChI is InChI=1S/C14H19FN2O2/c1-14(2,19-10-11(8-15)9-16)17-13(18)12-6-4-3-5-7-12/h3-8H,9-10,16H2,1-2H3,(H,17,18)/b11-8+. The molecule has 1 amide bonds. The first-order valence-electron chi connectivity index (χ1n) is 5.98. The van der Waals surface area contributed by atoms with Crippen molar-refractivity contribution in [1.29, 1.82) is 0 Å². The maximum atomic E-state index is 12.4. The molecule has 0 saturated carbocycles. The molecule has 0 aliphatic heterocycles. The van der Waals surface area contributed by atoms with Gasteiger partial charge in [-0.2, -0.15) is 0 Å². The number of carbonyl (C=O) groups excluding carboxylic acids is 1. The molecule has 1 aromatic carbocycles. The Morgan fingerprint density at radius 3 is 2.58 bits per heavy atom. The molecule has 1 aromatic rings. The van der Waals surface area contributed by atoms with Gasteiger partial charge in [0.15, 0.2) is 0 Å². The van der Waals surface area contributed by atoms with Gasteiger partial charge in [-0.05, 0) is 31.6 Å². The summed E-state index contributed by atoms with van der Waals surface area (Å²) in [5.41, 5.74) is 5.30. The number of ether oxygens (including phenoxy) is 1. The minimum absolute atomic E-state index is 0.0368. The maximum Gasteiger partial charge on any atom is 0.253 e. The molecule has 0 spiro atoms. The van der Waals surface area contributed by atoms with E-state index in [-0.39, 0.29) is 19.1 Å². The molecule has 5 heteroatoms. The zero-order valence-electron chi connectivity index (χ0n) is 11.2. The fourth-order valence-electron chi connectivity index (χ4n) is 1.38. The smallest absolute Gasteiger partial charge is 0.253 e. The Morgan fingerprint density at radius 2 is 2.05 bits per heavy atom. The number of carbonyl (C=O) groups is 1. The molecule has 0 aliphatic rings. The fourth-order valence-corrected chi connectivity index (χ4v) is 1.38. The molecule has 0 radical (unpaired) electrons. The van der Waals surface area contributed by atoms with Gasteiger partial charge in [0.25, 0.3) is 5.91 Å². The van der Waals surface area contributed by atoms with Crippen LogP contribution in [0.25, 0.3) is 0 Å². The van der Waals surface area contributed by atoms with Crippen LogP contribution in [0.3, 0.4) is 0 Å². The summed E-state index contributed by atoms with van der Waals surface area (Å²) in [6.45, 7) is 3.51. The molecule has 0 aromatic heterocycles. The molecule has 1 rings (SSSR count). The van der Waals surface area contributed by atoms with Crippen LogP contribution in [0.4, 0.5) is 4.39 Å². The molecule has 0 bridgehead atoms. The van der Waals surface area contributed by atoms with Gasteiger partial charge in [0.1, 0.15) is 5.72 Å². The molecule has 0 unspecified atom stereocenters. The van der Waals surface area contributed by atoms with E-state index in [4.69, 9.17) is 10.5 Å². The lowest BCUT2D eigenvalue weighted by Crippen LogP contribution is -2.46. The van der Waals surface area contributed by atoms with E-state index < -0.39 is 5.72 Å². The van der Waals surface area contributed by atoms with Crippen molar-refractivity contribution in [3.05, 3.63) is 47.8 Å². The largest absolute Gasteiger partial charge is 0.352 e. The normalized spacial score (nSPS) is 12.3. The van der Waals surface area contributed by atoms with E-state index in [1.807, 2.05) is 6.07 Å². The van der Waals surface area contributed by atoms with Gasteiger partial charge in [0.2, 0.25) is 0 Å². The van der Waals surface area contributed by atoms with Crippen molar-refractivity contribution in [2.45, 2.75) is 19.6 Å². The van der Waals surface area contributed by atoms with Crippen LogP contribution in [0.5, 0.6) is 0 Å². The van der Waals surface area contributed by atoms with E-state index in [1.54, 1.807) is 38.1 Å². The topological polar surface area (TPSA) is 64.3 Å². The lowest BCUT2D eigenvalue weighted by molar-refractivity contribution is -0.0264. The number of benzene rings is 1. The van der Waals surface area contributed by atoms with Gasteiger partial charge in [0, 0.05) is 12.1 Å². The third kappa shape index (κ3) is 5.19. The van der Waals surface area contributed by atoms with Crippen LogP contribution in [-0.4, -0.2) is 24.8 Å². The number of nitrogens with one attached hydrogen (secondary N) is 1. The van der Waals surface area contributed by atoms with Gasteiger partial charge in [-0.25, -0.2) is 4.39 Å². The molecule has 0 aliphatic carbocycles. The number of amides is 1. The van der Waals surface area contributed by atoms with Gasteiger partial charge in [-0.3, -0.25) is 4.79 Å².